The molecule has 5 heteroatoms. The van der Waals surface area contributed by atoms with Crippen LogP contribution in [0.5, 0.6) is 0 Å². The fraction of sp³-hybridized carbons (Fsp3) is 1.00. The van der Waals surface area contributed by atoms with Gasteiger partial charge in [0.15, 0.2) is 0 Å². The Morgan fingerprint density at radius 1 is 1.47 bits per heavy atom. The topological polar surface area (TPSA) is 49.4 Å². The molecule has 1 heterocycles. The van der Waals surface area contributed by atoms with Crippen LogP contribution in [0.15, 0.2) is 0 Å². The molecule has 1 N–H and O–H groups in total. The fourth-order valence-corrected chi connectivity index (χ4v) is 4.13. The Labute approximate surface area is 93.1 Å². The van der Waals surface area contributed by atoms with Crippen LogP contribution in [0.25, 0.3) is 0 Å². The second kappa shape index (κ2) is 4.80. The van der Waals surface area contributed by atoms with E-state index in [2.05, 4.69) is 12.2 Å². The molecule has 0 amide bonds. The summed E-state index contributed by atoms with van der Waals surface area (Å²) in [6.07, 6.45) is 0.978. The van der Waals surface area contributed by atoms with Crippen LogP contribution in [0.3, 0.4) is 0 Å². The summed E-state index contributed by atoms with van der Waals surface area (Å²) in [6.45, 7) is 7.06. The summed E-state index contributed by atoms with van der Waals surface area (Å²) in [4.78, 5) is 0. The Morgan fingerprint density at radius 3 is 2.47 bits per heavy atom. The van der Waals surface area contributed by atoms with Crippen LogP contribution in [0.4, 0.5) is 0 Å². The number of nitrogens with one attached hydrogen (secondary N) is 1. The predicted molar refractivity (Wildman–Crippen MR) is 62.3 cm³/mol. The Morgan fingerprint density at radius 2 is 2.07 bits per heavy atom. The summed E-state index contributed by atoms with van der Waals surface area (Å²) in [7, 11) is -1.33. The van der Waals surface area contributed by atoms with Crippen LogP contribution in [0.1, 0.15) is 27.2 Å². The third-order valence-corrected chi connectivity index (χ3v) is 5.40. The molecule has 0 spiro atoms. The zero-order valence-electron chi connectivity index (χ0n) is 10.0. The van der Waals surface area contributed by atoms with E-state index in [4.69, 9.17) is 0 Å². The Kier molecular flexibility index (Phi) is 4.14. The molecule has 0 radical (unpaired) electrons. The third kappa shape index (κ3) is 2.71. The van der Waals surface area contributed by atoms with E-state index >= 15 is 0 Å². The van der Waals surface area contributed by atoms with Crippen molar-refractivity contribution in [2.24, 2.45) is 5.92 Å². The molecule has 0 aromatic heterocycles. The van der Waals surface area contributed by atoms with Gasteiger partial charge in [0.2, 0.25) is 10.0 Å². The van der Waals surface area contributed by atoms with Gasteiger partial charge in [0.25, 0.3) is 0 Å². The minimum Gasteiger partial charge on any atom is -0.318 e. The minimum atomic E-state index is -3.11. The smallest absolute Gasteiger partial charge is 0.218 e. The number of hydrogen-bond acceptors (Lipinski definition) is 3. The number of hydrogen-bond donors (Lipinski definition) is 1. The molecule has 3 unspecified atom stereocenters. The first kappa shape index (κ1) is 12.9. The third-order valence-electron chi connectivity index (χ3n) is 3.05. The second-order valence-electron chi connectivity index (χ2n) is 4.67. The van der Waals surface area contributed by atoms with Gasteiger partial charge < -0.3 is 5.32 Å². The van der Waals surface area contributed by atoms with E-state index in [1.165, 1.54) is 0 Å². The molecule has 1 saturated heterocycles. The van der Waals surface area contributed by atoms with Gasteiger partial charge in [0.05, 0.1) is 5.25 Å². The van der Waals surface area contributed by atoms with Crippen molar-refractivity contribution in [2.75, 3.05) is 20.1 Å². The van der Waals surface area contributed by atoms with Gasteiger partial charge in [-0.15, -0.1) is 0 Å². The highest BCUT2D eigenvalue weighted by atomic mass is 32.2. The summed E-state index contributed by atoms with van der Waals surface area (Å²) in [5.41, 5.74) is 0. The van der Waals surface area contributed by atoms with Gasteiger partial charge in [-0.1, -0.05) is 6.92 Å². The molecule has 0 aromatic carbocycles. The van der Waals surface area contributed by atoms with Gasteiger partial charge in [-0.25, -0.2) is 8.42 Å². The zero-order chi connectivity index (χ0) is 11.6. The number of nitrogens with zero attached hydrogens (tertiary/aromatic N) is 1. The average Bonchev–Trinajstić information content (AvgIpc) is 2.46. The van der Waals surface area contributed by atoms with E-state index in [9.17, 15) is 8.42 Å². The van der Waals surface area contributed by atoms with Gasteiger partial charge in [0.1, 0.15) is 0 Å². The van der Waals surface area contributed by atoms with Crippen LogP contribution in [0.2, 0.25) is 0 Å². The SMILES string of the molecule is CNCC(C)S(=O)(=O)N1CC(C)CC1C. The van der Waals surface area contributed by atoms with Crippen molar-refractivity contribution >= 4 is 10.0 Å². The molecule has 1 rings (SSSR count). The van der Waals surface area contributed by atoms with E-state index in [1.54, 1.807) is 18.3 Å². The van der Waals surface area contributed by atoms with Crippen molar-refractivity contribution in [2.45, 2.75) is 38.5 Å². The predicted octanol–water partition coefficient (Wildman–Crippen LogP) is 0.654. The van der Waals surface area contributed by atoms with Gasteiger partial charge in [-0.3, -0.25) is 0 Å². The maximum Gasteiger partial charge on any atom is 0.218 e. The fourth-order valence-electron chi connectivity index (χ4n) is 2.24. The highest BCUT2D eigenvalue weighted by molar-refractivity contribution is 7.89. The van der Waals surface area contributed by atoms with Crippen LogP contribution < -0.4 is 5.32 Å². The number of rotatable bonds is 4. The minimum absolute atomic E-state index is 0.157. The van der Waals surface area contributed by atoms with E-state index in [1.807, 2.05) is 6.92 Å². The summed E-state index contributed by atoms with van der Waals surface area (Å²) < 4.78 is 26.0. The normalized spacial score (nSPS) is 30.7. The molecule has 3 atom stereocenters. The summed E-state index contributed by atoms with van der Waals surface area (Å²) in [5, 5.41) is 2.58. The first-order chi connectivity index (χ1) is 6.89. The first-order valence-corrected chi connectivity index (χ1v) is 7.05. The quantitative estimate of drug-likeness (QED) is 0.777. The molecular weight excluding hydrogens is 212 g/mol. The highest BCUT2D eigenvalue weighted by Crippen LogP contribution is 2.26. The lowest BCUT2D eigenvalue weighted by atomic mass is 10.1. The van der Waals surface area contributed by atoms with Crippen molar-refractivity contribution in [3.63, 3.8) is 0 Å². The van der Waals surface area contributed by atoms with Gasteiger partial charge in [0, 0.05) is 19.1 Å². The lowest BCUT2D eigenvalue weighted by Crippen LogP contribution is -2.43. The van der Waals surface area contributed by atoms with Crippen molar-refractivity contribution in [1.29, 1.82) is 0 Å². The first-order valence-electron chi connectivity index (χ1n) is 5.54. The van der Waals surface area contributed by atoms with Crippen LogP contribution in [-0.2, 0) is 10.0 Å². The van der Waals surface area contributed by atoms with Crippen molar-refractivity contribution in [1.82, 2.24) is 9.62 Å². The maximum absolute atomic E-state index is 12.2. The van der Waals surface area contributed by atoms with Crippen LogP contribution >= 0.6 is 0 Å². The van der Waals surface area contributed by atoms with E-state index in [-0.39, 0.29) is 11.3 Å². The van der Waals surface area contributed by atoms with Crippen LogP contribution in [0, 0.1) is 5.92 Å². The molecule has 1 aliphatic rings. The maximum atomic E-state index is 12.2. The Bertz CT molecular complexity index is 303. The number of sulfonamides is 1. The summed E-state index contributed by atoms with van der Waals surface area (Å²) in [5.74, 6) is 0.483. The van der Waals surface area contributed by atoms with Gasteiger partial charge >= 0.3 is 0 Å². The monoisotopic (exact) mass is 234 g/mol. The molecular formula is C10H22N2O2S. The highest BCUT2D eigenvalue weighted by Gasteiger charge is 2.37. The Hall–Kier alpha value is -0.130. The van der Waals surface area contributed by atoms with Gasteiger partial charge in [-0.05, 0) is 33.2 Å². The average molecular weight is 234 g/mol. The van der Waals surface area contributed by atoms with E-state index < -0.39 is 10.0 Å². The molecule has 0 saturated carbocycles. The standard InChI is InChI=1S/C10H22N2O2S/c1-8-5-9(2)12(7-8)15(13,14)10(3)6-11-4/h8-11H,5-7H2,1-4H3. The largest absolute Gasteiger partial charge is 0.318 e. The van der Waals surface area contributed by atoms with E-state index in [0.717, 1.165) is 6.42 Å². The molecule has 0 aromatic rings. The molecule has 0 bridgehead atoms. The summed E-state index contributed by atoms with van der Waals surface area (Å²) >= 11 is 0. The van der Waals surface area contributed by atoms with Crippen molar-refractivity contribution in [3.05, 3.63) is 0 Å². The summed E-state index contributed by atoms with van der Waals surface area (Å²) in [6, 6.07) is 0.157. The van der Waals surface area contributed by atoms with Crippen molar-refractivity contribution < 1.29 is 8.42 Å². The second-order valence-corrected chi connectivity index (χ2v) is 6.98. The molecule has 1 aliphatic heterocycles. The Balaban J connectivity index is 2.77. The lowest BCUT2D eigenvalue weighted by molar-refractivity contribution is 0.398. The molecule has 15 heavy (non-hydrogen) atoms. The van der Waals surface area contributed by atoms with Crippen LogP contribution in [-0.4, -0.2) is 44.2 Å². The van der Waals surface area contributed by atoms with Gasteiger partial charge in [-0.2, -0.15) is 4.31 Å². The molecule has 1 fully saturated rings. The lowest BCUT2D eigenvalue weighted by Gasteiger charge is -2.25. The van der Waals surface area contributed by atoms with E-state index in [0.29, 0.717) is 19.0 Å². The molecule has 4 nitrogen and oxygen atoms in total. The molecule has 0 aliphatic carbocycles. The molecule has 90 valence electrons. The zero-order valence-corrected chi connectivity index (χ0v) is 10.8. The van der Waals surface area contributed by atoms with Crippen molar-refractivity contribution in [3.8, 4) is 0 Å².